The Labute approximate surface area is 145 Å². The largest absolute Gasteiger partial charge is 0.497 e. The van der Waals surface area contributed by atoms with Crippen LogP contribution in [0.4, 0.5) is 5.69 Å². The van der Waals surface area contributed by atoms with Crippen molar-refractivity contribution in [2.24, 2.45) is 5.92 Å². The summed E-state index contributed by atoms with van der Waals surface area (Å²) in [6.45, 7) is 1.03. The normalized spacial score (nSPS) is 17.1. The van der Waals surface area contributed by atoms with Crippen LogP contribution in [0.5, 0.6) is 5.75 Å². The molecule has 0 radical (unpaired) electrons. The van der Waals surface area contributed by atoms with Gasteiger partial charge in [0.2, 0.25) is 11.8 Å². The van der Waals surface area contributed by atoms with Crippen LogP contribution in [-0.2, 0) is 16.0 Å². The Balaban J connectivity index is 1.54. The number of nitrogens with one attached hydrogen (secondary N) is 1. The van der Waals surface area contributed by atoms with Gasteiger partial charge in [-0.2, -0.15) is 0 Å². The Morgan fingerprint density at radius 3 is 2.79 bits per heavy atom. The number of carbonyl (C=O) groups is 2. The van der Waals surface area contributed by atoms with Crippen molar-refractivity contribution in [1.82, 2.24) is 5.32 Å². The molecule has 1 saturated heterocycles. The van der Waals surface area contributed by atoms with E-state index >= 15 is 0 Å². The Kier molecular flexibility index (Phi) is 5.15. The lowest BCUT2D eigenvalue weighted by Crippen LogP contribution is -2.34. The molecule has 0 saturated carbocycles. The molecule has 1 aromatic heterocycles. The molecule has 1 N–H and O–H groups in total. The van der Waals surface area contributed by atoms with Crippen molar-refractivity contribution < 1.29 is 14.3 Å². The molecule has 2 amide bonds. The van der Waals surface area contributed by atoms with E-state index < -0.39 is 0 Å². The third kappa shape index (κ3) is 3.76. The van der Waals surface area contributed by atoms with Crippen LogP contribution >= 0.6 is 11.3 Å². The standard InChI is InChI=1S/C18H20N2O3S/c1-23-15-6-4-14(5-7-15)20-12-13(11-17(20)21)18(22)19-9-8-16-3-2-10-24-16/h2-7,10,13H,8-9,11-12H2,1H3,(H,19,22)/t13-/m0/s1. The minimum absolute atomic E-state index is 0.0152. The van der Waals surface area contributed by atoms with Gasteiger partial charge in [-0.05, 0) is 42.1 Å². The molecule has 126 valence electrons. The SMILES string of the molecule is COc1ccc(N2C[C@@H](C(=O)NCCc3cccs3)CC2=O)cc1. The van der Waals surface area contributed by atoms with Gasteiger partial charge in [0.1, 0.15) is 5.75 Å². The summed E-state index contributed by atoms with van der Waals surface area (Å²) in [7, 11) is 1.60. The Bertz CT molecular complexity index is 698. The molecule has 0 aliphatic carbocycles. The zero-order valence-corrected chi connectivity index (χ0v) is 14.3. The topological polar surface area (TPSA) is 58.6 Å². The van der Waals surface area contributed by atoms with Gasteiger partial charge in [-0.3, -0.25) is 9.59 Å². The van der Waals surface area contributed by atoms with Crippen LogP contribution in [-0.4, -0.2) is 32.0 Å². The zero-order chi connectivity index (χ0) is 16.9. The molecule has 0 spiro atoms. The van der Waals surface area contributed by atoms with Gasteiger partial charge >= 0.3 is 0 Å². The lowest BCUT2D eigenvalue weighted by atomic mass is 10.1. The molecule has 1 atom stereocenters. The first-order valence-electron chi connectivity index (χ1n) is 7.92. The van der Waals surface area contributed by atoms with Crippen LogP contribution in [0.25, 0.3) is 0 Å². The van der Waals surface area contributed by atoms with Gasteiger partial charge in [0.05, 0.1) is 13.0 Å². The first kappa shape index (κ1) is 16.5. The molecular weight excluding hydrogens is 324 g/mol. The number of carbonyl (C=O) groups excluding carboxylic acids is 2. The number of benzene rings is 1. The monoisotopic (exact) mass is 344 g/mol. The molecule has 3 rings (SSSR count). The van der Waals surface area contributed by atoms with Gasteiger partial charge in [0.25, 0.3) is 0 Å². The number of amides is 2. The number of methoxy groups -OCH3 is 1. The van der Waals surface area contributed by atoms with Crippen LogP contribution in [0.15, 0.2) is 41.8 Å². The van der Waals surface area contributed by atoms with Crippen LogP contribution in [0.3, 0.4) is 0 Å². The summed E-state index contributed by atoms with van der Waals surface area (Å²) in [6, 6.07) is 11.4. The second kappa shape index (κ2) is 7.49. The summed E-state index contributed by atoms with van der Waals surface area (Å²) in [5.41, 5.74) is 0.801. The smallest absolute Gasteiger partial charge is 0.227 e. The second-order valence-corrected chi connectivity index (χ2v) is 6.76. The molecule has 5 nitrogen and oxygen atoms in total. The average Bonchev–Trinajstić information content (AvgIpc) is 3.24. The molecule has 0 unspecified atom stereocenters. The fourth-order valence-corrected chi connectivity index (χ4v) is 3.51. The van der Waals surface area contributed by atoms with Gasteiger partial charge in [-0.15, -0.1) is 11.3 Å². The molecule has 2 aromatic rings. The Morgan fingerprint density at radius 1 is 1.33 bits per heavy atom. The minimum atomic E-state index is -0.289. The number of anilines is 1. The molecule has 1 aliphatic rings. The van der Waals surface area contributed by atoms with Crippen molar-refractivity contribution in [3.63, 3.8) is 0 Å². The van der Waals surface area contributed by atoms with Crippen LogP contribution in [0, 0.1) is 5.92 Å². The van der Waals surface area contributed by atoms with Crippen LogP contribution in [0.1, 0.15) is 11.3 Å². The van der Waals surface area contributed by atoms with E-state index in [9.17, 15) is 9.59 Å². The van der Waals surface area contributed by atoms with E-state index in [1.807, 2.05) is 35.7 Å². The van der Waals surface area contributed by atoms with Crippen molar-refractivity contribution >= 4 is 28.8 Å². The van der Waals surface area contributed by atoms with Gasteiger partial charge in [-0.1, -0.05) is 6.07 Å². The first-order chi connectivity index (χ1) is 11.7. The molecule has 1 aliphatic heterocycles. The van der Waals surface area contributed by atoms with E-state index in [-0.39, 0.29) is 24.2 Å². The summed E-state index contributed by atoms with van der Waals surface area (Å²) in [6.07, 6.45) is 1.09. The Hall–Kier alpha value is -2.34. The van der Waals surface area contributed by atoms with Gasteiger partial charge in [0, 0.05) is 30.1 Å². The third-order valence-electron chi connectivity index (χ3n) is 4.13. The van der Waals surface area contributed by atoms with E-state index in [0.717, 1.165) is 17.9 Å². The maximum atomic E-state index is 12.3. The fraction of sp³-hybridized carbons (Fsp3) is 0.333. The maximum Gasteiger partial charge on any atom is 0.227 e. The van der Waals surface area contributed by atoms with E-state index in [1.165, 1.54) is 4.88 Å². The molecule has 1 aromatic carbocycles. The van der Waals surface area contributed by atoms with Gasteiger partial charge < -0.3 is 15.0 Å². The van der Waals surface area contributed by atoms with Crippen molar-refractivity contribution in [3.05, 3.63) is 46.7 Å². The summed E-state index contributed by atoms with van der Waals surface area (Å²) < 4.78 is 5.13. The molecular formula is C18H20N2O3S. The van der Waals surface area contributed by atoms with Crippen molar-refractivity contribution in [2.45, 2.75) is 12.8 Å². The quantitative estimate of drug-likeness (QED) is 0.876. The summed E-state index contributed by atoms with van der Waals surface area (Å²) in [5, 5.41) is 4.97. The highest BCUT2D eigenvalue weighted by molar-refractivity contribution is 7.09. The number of hydrogen-bond acceptors (Lipinski definition) is 4. The lowest BCUT2D eigenvalue weighted by molar-refractivity contribution is -0.126. The number of thiophene rings is 1. The molecule has 0 bridgehead atoms. The average molecular weight is 344 g/mol. The lowest BCUT2D eigenvalue weighted by Gasteiger charge is -2.17. The molecule has 6 heteroatoms. The van der Waals surface area contributed by atoms with Crippen LogP contribution < -0.4 is 15.0 Å². The van der Waals surface area contributed by atoms with E-state index in [2.05, 4.69) is 11.4 Å². The van der Waals surface area contributed by atoms with Crippen molar-refractivity contribution in [2.75, 3.05) is 25.1 Å². The second-order valence-electron chi connectivity index (χ2n) is 5.72. The number of ether oxygens (including phenoxy) is 1. The third-order valence-corrected chi connectivity index (χ3v) is 5.07. The van der Waals surface area contributed by atoms with Crippen molar-refractivity contribution in [3.8, 4) is 5.75 Å². The molecule has 24 heavy (non-hydrogen) atoms. The number of rotatable bonds is 6. The van der Waals surface area contributed by atoms with E-state index in [4.69, 9.17) is 4.74 Å². The number of hydrogen-bond donors (Lipinski definition) is 1. The van der Waals surface area contributed by atoms with E-state index in [0.29, 0.717) is 13.1 Å². The Morgan fingerprint density at radius 2 is 2.12 bits per heavy atom. The van der Waals surface area contributed by atoms with Gasteiger partial charge in [0.15, 0.2) is 0 Å². The van der Waals surface area contributed by atoms with Gasteiger partial charge in [-0.25, -0.2) is 0 Å². The highest BCUT2D eigenvalue weighted by Gasteiger charge is 2.34. The van der Waals surface area contributed by atoms with Crippen LogP contribution in [0.2, 0.25) is 0 Å². The molecule has 1 fully saturated rings. The summed E-state index contributed by atoms with van der Waals surface area (Å²) in [5.74, 6) is 0.394. The van der Waals surface area contributed by atoms with Crippen molar-refractivity contribution in [1.29, 1.82) is 0 Å². The highest BCUT2D eigenvalue weighted by Crippen LogP contribution is 2.26. The summed E-state index contributed by atoms with van der Waals surface area (Å²) in [4.78, 5) is 27.4. The molecule has 2 heterocycles. The number of nitrogens with zero attached hydrogens (tertiary/aromatic N) is 1. The fourth-order valence-electron chi connectivity index (χ4n) is 2.80. The minimum Gasteiger partial charge on any atom is -0.497 e. The summed E-state index contributed by atoms with van der Waals surface area (Å²) >= 11 is 1.68. The zero-order valence-electron chi connectivity index (χ0n) is 13.5. The maximum absolute atomic E-state index is 12.3. The highest BCUT2D eigenvalue weighted by atomic mass is 32.1. The predicted molar refractivity (Wildman–Crippen MR) is 94.5 cm³/mol. The van der Waals surface area contributed by atoms with E-state index in [1.54, 1.807) is 23.3 Å². The predicted octanol–water partition coefficient (Wildman–Crippen LogP) is 2.47. The first-order valence-corrected chi connectivity index (χ1v) is 8.80.